The van der Waals surface area contributed by atoms with Crippen molar-refractivity contribution in [2.24, 2.45) is 5.92 Å². The molecule has 0 saturated heterocycles. The van der Waals surface area contributed by atoms with Crippen molar-refractivity contribution in [1.29, 1.82) is 0 Å². The van der Waals surface area contributed by atoms with Crippen molar-refractivity contribution in [2.75, 3.05) is 5.32 Å². The van der Waals surface area contributed by atoms with Crippen LogP contribution in [0, 0.1) is 5.92 Å². The number of rotatable bonds is 5. The van der Waals surface area contributed by atoms with Gasteiger partial charge in [-0.1, -0.05) is 68.8 Å². The van der Waals surface area contributed by atoms with Gasteiger partial charge in [-0.3, -0.25) is 9.59 Å². The number of nitrogens with one attached hydrogen (secondary N) is 1. The molecule has 3 heteroatoms. The maximum atomic E-state index is 13.1. The third-order valence-electron chi connectivity index (χ3n) is 5.47. The molecule has 1 atom stereocenters. The van der Waals surface area contributed by atoms with E-state index in [0.717, 1.165) is 18.5 Å². The zero-order valence-electron chi connectivity index (χ0n) is 16.2. The highest BCUT2D eigenvalue weighted by atomic mass is 16.1. The van der Waals surface area contributed by atoms with Crippen LogP contribution in [0.5, 0.6) is 0 Å². The van der Waals surface area contributed by atoms with E-state index in [1.165, 1.54) is 5.56 Å². The summed E-state index contributed by atoms with van der Waals surface area (Å²) >= 11 is 0. The lowest BCUT2D eigenvalue weighted by molar-refractivity contribution is 0.0979. The lowest BCUT2D eigenvalue weighted by Crippen LogP contribution is -2.22. The molecule has 0 bridgehead atoms. The maximum absolute atomic E-state index is 13.1. The first-order chi connectivity index (χ1) is 13.6. The van der Waals surface area contributed by atoms with E-state index >= 15 is 0 Å². The van der Waals surface area contributed by atoms with Crippen LogP contribution in [-0.4, -0.2) is 11.6 Å². The van der Waals surface area contributed by atoms with Crippen molar-refractivity contribution >= 4 is 22.9 Å². The number of ketones is 2. The predicted molar refractivity (Wildman–Crippen MR) is 113 cm³/mol. The standard InChI is InChI=1S/C25H23NO2/c1-3-16(2)15-17-11-13-18(14-12-17)26-22-10-6-9-21-23(22)25(28)20-8-5-4-7-19(20)24(21)27/h4-14,16,26H,3,15H2,1-2H3. The van der Waals surface area contributed by atoms with Crippen molar-refractivity contribution in [3.8, 4) is 0 Å². The van der Waals surface area contributed by atoms with Crippen LogP contribution in [0.2, 0.25) is 0 Å². The second kappa shape index (κ2) is 7.43. The van der Waals surface area contributed by atoms with E-state index in [1.54, 1.807) is 30.3 Å². The lowest BCUT2D eigenvalue weighted by Gasteiger charge is -2.20. The minimum absolute atomic E-state index is 0.0993. The molecule has 0 saturated carbocycles. The molecule has 3 aromatic rings. The smallest absolute Gasteiger partial charge is 0.196 e. The second-order valence-electron chi connectivity index (χ2n) is 7.47. The van der Waals surface area contributed by atoms with Gasteiger partial charge in [0.2, 0.25) is 0 Å². The van der Waals surface area contributed by atoms with Crippen LogP contribution in [0.1, 0.15) is 57.7 Å². The van der Waals surface area contributed by atoms with Crippen LogP contribution >= 0.6 is 0 Å². The van der Waals surface area contributed by atoms with E-state index in [9.17, 15) is 9.59 Å². The summed E-state index contributed by atoms with van der Waals surface area (Å²) in [6.07, 6.45) is 2.22. The average molecular weight is 369 g/mol. The molecular weight excluding hydrogens is 346 g/mol. The lowest BCUT2D eigenvalue weighted by atomic mass is 9.83. The molecular formula is C25H23NO2. The highest BCUT2D eigenvalue weighted by molar-refractivity contribution is 6.30. The van der Waals surface area contributed by atoms with Gasteiger partial charge in [-0.25, -0.2) is 0 Å². The van der Waals surface area contributed by atoms with Crippen molar-refractivity contribution < 1.29 is 9.59 Å². The Morgan fingerprint density at radius 3 is 2.11 bits per heavy atom. The second-order valence-corrected chi connectivity index (χ2v) is 7.47. The van der Waals surface area contributed by atoms with Gasteiger partial charge >= 0.3 is 0 Å². The van der Waals surface area contributed by atoms with Crippen LogP contribution in [0.25, 0.3) is 0 Å². The van der Waals surface area contributed by atoms with Crippen molar-refractivity contribution in [3.05, 3.63) is 94.5 Å². The first kappa shape index (κ1) is 18.2. The van der Waals surface area contributed by atoms with Gasteiger partial charge in [-0.15, -0.1) is 0 Å². The van der Waals surface area contributed by atoms with E-state index in [2.05, 4.69) is 31.3 Å². The van der Waals surface area contributed by atoms with Crippen LogP contribution in [0.3, 0.4) is 0 Å². The third kappa shape index (κ3) is 3.24. The summed E-state index contributed by atoms with van der Waals surface area (Å²) in [5.41, 5.74) is 4.73. The molecule has 0 spiro atoms. The molecule has 3 nitrogen and oxygen atoms in total. The number of carbonyl (C=O) groups excluding carboxylic acids is 2. The van der Waals surface area contributed by atoms with Crippen LogP contribution in [0.15, 0.2) is 66.7 Å². The monoisotopic (exact) mass is 369 g/mol. The summed E-state index contributed by atoms with van der Waals surface area (Å²) in [5, 5.41) is 3.34. The van der Waals surface area contributed by atoms with Gasteiger partial charge in [-0.05, 0) is 36.1 Å². The van der Waals surface area contributed by atoms with Crippen LogP contribution < -0.4 is 5.32 Å². The highest BCUT2D eigenvalue weighted by Gasteiger charge is 2.31. The molecule has 1 aliphatic carbocycles. The molecule has 4 rings (SSSR count). The first-order valence-electron chi connectivity index (χ1n) is 9.76. The number of fused-ring (bicyclic) bond motifs is 2. The van der Waals surface area contributed by atoms with Gasteiger partial charge < -0.3 is 5.32 Å². The molecule has 0 amide bonds. The Balaban J connectivity index is 1.66. The van der Waals surface area contributed by atoms with Crippen LogP contribution in [-0.2, 0) is 6.42 Å². The maximum Gasteiger partial charge on any atom is 0.196 e. The number of hydrogen-bond donors (Lipinski definition) is 1. The zero-order chi connectivity index (χ0) is 19.7. The molecule has 0 aromatic heterocycles. The average Bonchev–Trinajstić information content (AvgIpc) is 2.73. The molecule has 0 aliphatic heterocycles. The number of carbonyl (C=O) groups is 2. The Kier molecular flexibility index (Phi) is 4.82. The molecule has 1 unspecified atom stereocenters. The first-order valence-corrected chi connectivity index (χ1v) is 9.76. The Hall–Kier alpha value is -3.20. The van der Waals surface area contributed by atoms with Crippen molar-refractivity contribution in [2.45, 2.75) is 26.7 Å². The van der Waals surface area contributed by atoms with E-state index in [0.29, 0.717) is 33.9 Å². The Bertz CT molecular complexity index is 1050. The summed E-state index contributed by atoms with van der Waals surface area (Å²) in [6, 6.07) is 20.7. The van der Waals surface area contributed by atoms with Gasteiger partial charge in [0.25, 0.3) is 0 Å². The SMILES string of the molecule is CCC(C)Cc1ccc(Nc2cccc3c2C(=O)c2ccccc2C3=O)cc1. The van der Waals surface area contributed by atoms with E-state index < -0.39 is 0 Å². The molecule has 1 N–H and O–H groups in total. The van der Waals surface area contributed by atoms with Crippen molar-refractivity contribution in [3.63, 3.8) is 0 Å². The fraction of sp³-hybridized carbons (Fsp3) is 0.200. The quantitative estimate of drug-likeness (QED) is 0.484. The topological polar surface area (TPSA) is 46.2 Å². The zero-order valence-corrected chi connectivity index (χ0v) is 16.2. The Morgan fingerprint density at radius 2 is 1.43 bits per heavy atom. The molecule has 0 fully saturated rings. The van der Waals surface area contributed by atoms with E-state index in [1.807, 2.05) is 24.3 Å². The van der Waals surface area contributed by atoms with E-state index in [-0.39, 0.29) is 11.6 Å². The number of anilines is 2. The molecule has 140 valence electrons. The Labute approximate surface area is 165 Å². The molecule has 3 aromatic carbocycles. The highest BCUT2D eigenvalue weighted by Crippen LogP contribution is 2.33. The molecule has 1 aliphatic rings. The summed E-state index contributed by atoms with van der Waals surface area (Å²) in [4.78, 5) is 25.9. The van der Waals surface area contributed by atoms with Gasteiger partial charge in [0, 0.05) is 22.4 Å². The summed E-state index contributed by atoms with van der Waals surface area (Å²) in [7, 11) is 0. The molecule has 0 heterocycles. The fourth-order valence-corrected chi connectivity index (χ4v) is 3.68. The third-order valence-corrected chi connectivity index (χ3v) is 5.47. The molecule has 0 radical (unpaired) electrons. The Morgan fingerprint density at radius 1 is 0.786 bits per heavy atom. The predicted octanol–water partition coefficient (Wildman–Crippen LogP) is 5.79. The van der Waals surface area contributed by atoms with Gasteiger partial charge in [-0.2, -0.15) is 0 Å². The largest absolute Gasteiger partial charge is 0.355 e. The van der Waals surface area contributed by atoms with Gasteiger partial charge in [0.1, 0.15) is 0 Å². The van der Waals surface area contributed by atoms with Gasteiger partial charge in [0.15, 0.2) is 11.6 Å². The number of benzene rings is 3. The number of hydrogen-bond acceptors (Lipinski definition) is 3. The van der Waals surface area contributed by atoms with E-state index in [4.69, 9.17) is 0 Å². The van der Waals surface area contributed by atoms with Gasteiger partial charge in [0.05, 0.1) is 11.3 Å². The minimum Gasteiger partial charge on any atom is -0.355 e. The fourth-order valence-electron chi connectivity index (χ4n) is 3.68. The summed E-state index contributed by atoms with van der Waals surface area (Å²) in [6.45, 7) is 4.46. The van der Waals surface area contributed by atoms with Crippen LogP contribution in [0.4, 0.5) is 11.4 Å². The normalized spacial score (nSPS) is 13.6. The molecule has 28 heavy (non-hydrogen) atoms. The summed E-state index contributed by atoms with van der Waals surface area (Å²) < 4.78 is 0. The van der Waals surface area contributed by atoms with Crippen molar-refractivity contribution in [1.82, 2.24) is 0 Å². The summed E-state index contributed by atoms with van der Waals surface area (Å²) in [5.74, 6) is 0.447. The minimum atomic E-state index is -0.110.